The summed E-state index contributed by atoms with van der Waals surface area (Å²) in [6.07, 6.45) is 1.69. The van der Waals surface area contributed by atoms with Crippen LogP contribution in [0.5, 0.6) is 5.75 Å². The van der Waals surface area contributed by atoms with Gasteiger partial charge in [0.15, 0.2) is 0 Å². The summed E-state index contributed by atoms with van der Waals surface area (Å²) in [4.78, 5) is 16.4. The molecule has 128 valence electrons. The fraction of sp³-hybridized carbons (Fsp3) is 0.389. The van der Waals surface area contributed by atoms with E-state index in [0.29, 0.717) is 6.54 Å². The number of carbonyl (C=O) groups is 1. The van der Waals surface area contributed by atoms with E-state index in [-0.39, 0.29) is 6.03 Å². The molecule has 0 saturated carbocycles. The van der Waals surface area contributed by atoms with Crippen molar-refractivity contribution in [2.75, 3.05) is 33.3 Å². The Kier molecular flexibility index (Phi) is 5.38. The lowest BCUT2D eigenvalue weighted by Gasteiger charge is -2.34. The summed E-state index contributed by atoms with van der Waals surface area (Å²) in [6.45, 7) is 4.50. The number of rotatable bonds is 5. The number of nitrogens with zero attached hydrogens (tertiary/aromatic N) is 2. The molecule has 24 heavy (non-hydrogen) atoms. The van der Waals surface area contributed by atoms with Crippen LogP contribution < -0.4 is 10.1 Å². The summed E-state index contributed by atoms with van der Waals surface area (Å²) < 4.78 is 10.5. The molecule has 6 nitrogen and oxygen atoms in total. The van der Waals surface area contributed by atoms with Gasteiger partial charge in [0.1, 0.15) is 11.5 Å². The first-order chi connectivity index (χ1) is 11.7. The van der Waals surface area contributed by atoms with Gasteiger partial charge in [-0.1, -0.05) is 12.1 Å². The summed E-state index contributed by atoms with van der Waals surface area (Å²) >= 11 is 0. The van der Waals surface area contributed by atoms with E-state index in [1.54, 1.807) is 13.4 Å². The van der Waals surface area contributed by atoms with Crippen molar-refractivity contribution in [2.45, 2.75) is 13.1 Å². The summed E-state index contributed by atoms with van der Waals surface area (Å²) in [6, 6.07) is 11.6. The van der Waals surface area contributed by atoms with Gasteiger partial charge in [-0.25, -0.2) is 4.79 Å². The number of hydrogen-bond donors (Lipinski definition) is 1. The molecule has 1 aliphatic rings. The maximum absolute atomic E-state index is 12.3. The van der Waals surface area contributed by atoms with Crippen LogP contribution in [0.4, 0.5) is 4.79 Å². The number of benzene rings is 1. The highest BCUT2D eigenvalue weighted by Gasteiger charge is 2.21. The van der Waals surface area contributed by atoms with Crippen molar-refractivity contribution in [1.82, 2.24) is 15.1 Å². The Morgan fingerprint density at radius 3 is 2.54 bits per heavy atom. The van der Waals surface area contributed by atoms with Crippen LogP contribution in [0, 0.1) is 0 Å². The summed E-state index contributed by atoms with van der Waals surface area (Å²) in [7, 11) is 1.64. The van der Waals surface area contributed by atoms with Crippen molar-refractivity contribution in [3.8, 4) is 5.75 Å². The third-order valence-corrected chi connectivity index (χ3v) is 4.22. The topological polar surface area (TPSA) is 58.0 Å². The van der Waals surface area contributed by atoms with E-state index >= 15 is 0 Å². The molecule has 2 heterocycles. The van der Waals surface area contributed by atoms with Crippen LogP contribution in [0.1, 0.15) is 11.3 Å². The molecule has 0 radical (unpaired) electrons. The highest BCUT2D eigenvalue weighted by atomic mass is 16.5. The van der Waals surface area contributed by atoms with Crippen molar-refractivity contribution < 1.29 is 13.9 Å². The monoisotopic (exact) mass is 329 g/mol. The maximum Gasteiger partial charge on any atom is 0.317 e. The average Bonchev–Trinajstić information content (AvgIpc) is 3.14. The molecular weight excluding hydrogens is 306 g/mol. The van der Waals surface area contributed by atoms with Crippen molar-refractivity contribution in [1.29, 1.82) is 0 Å². The molecule has 3 rings (SSSR count). The zero-order valence-electron chi connectivity index (χ0n) is 13.9. The molecule has 0 aliphatic carbocycles. The maximum atomic E-state index is 12.3. The predicted octanol–water partition coefficient (Wildman–Crippen LogP) is 2.32. The number of carbonyl (C=O) groups excluding carboxylic acids is 1. The molecule has 0 atom stereocenters. The van der Waals surface area contributed by atoms with Crippen LogP contribution >= 0.6 is 0 Å². The summed E-state index contributed by atoms with van der Waals surface area (Å²) in [5.74, 6) is 1.78. The second-order valence-corrected chi connectivity index (χ2v) is 5.85. The molecule has 1 aliphatic heterocycles. The molecular formula is C18H23N3O3. The number of ether oxygens (including phenoxy) is 1. The highest BCUT2D eigenvalue weighted by Crippen LogP contribution is 2.12. The van der Waals surface area contributed by atoms with Crippen LogP contribution in [-0.4, -0.2) is 49.1 Å². The molecule has 1 aromatic carbocycles. The lowest BCUT2D eigenvalue weighted by Crippen LogP contribution is -2.51. The zero-order chi connectivity index (χ0) is 16.8. The number of methoxy groups -OCH3 is 1. The van der Waals surface area contributed by atoms with Gasteiger partial charge in [0.25, 0.3) is 0 Å². The van der Waals surface area contributed by atoms with E-state index in [0.717, 1.165) is 49.8 Å². The van der Waals surface area contributed by atoms with Crippen LogP contribution in [0.2, 0.25) is 0 Å². The number of nitrogens with one attached hydrogen (secondary N) is 1. The predicted molar refractivity (Wildman–Crippen MR) is 90.8 cm³/mol. The third kappa shape index (κ3) is 4.29. The third-order valence-electron chi connectivity index (χ3n) is 4.22. The van der Waals surface area contributed by atoms with Crippen molar-refractivity contribution in [3.63, 3.8) is 0 Å². The Labute approximate surface area is 142 Å². The minimum absolute atomic E-state index is 0.0107. The Balaban J connectivity index is 1.41. The van der Waals surface area contributed by atoms with Crippen LogP contribution in [0.25, 0.3) is 0 Å². The Bertz CT molecular complexity index is 632. The van der Waals surface area contributed by atoms with Gasteiger partial charge in [-0.2, -0.15) is 0 Å². The van der Waals surface area contributed by atoms with Gasteiger partial charge in [-0.05, 0) is 29.8 Å². The standard InChI is InChI=1S/C18H23N3O3/c1-23-16-6-4-15(5-7-16)13-19-18(22)21-10-8-20(9-11-21)14-17-3-2-12-24-17/h2-7,12H,8-11,13-14H2,1H3,(H,19,22). The second kappa shape index (κ2) is 7.88. The summed E-state index contributed by atoms with van der Waals surface area (Å²) in [5, 5.41) is 2.98. The number of hydrogen-bond acceptors (Lipinski definition) is 4. The summed E-state index contributed by atoms with van der Waals surface area (Å²) in [5.41, 5.74) is 1.06. The van der Waals surface area contributed by atoms with Crippen molar-refractivity contribution >= 4 is 6.03 Å². The minimum Gasteiger partial charge on any atom is -0.497 e. The molecule has 1 saturated heterocycles. The lowest BCUT2D eigenvalue weighted by atomic mass is 10.2. The number of urea groups is 1. The van der Waals surface area contributed by atoms with Gasteiger partial charge in [0, 0.05) is 32.7 Å². The first-order valence-electron chi connectivity index (χ1n) is 8.15. The number of furan rings is 1. The van der Waals surface area contributed by atoms with Gasteiger partial charge in [0.05, 0.1) is 19.9 Å². The van der Waals surface area contributed by atoms with Crippen LogP contribution in [0.3, 0.4) is 0 Å². The molecule has 1 aromatic heterocycles. The van der Waals surface area contributed by atoms with Gasteiger partial charge in [0.2, 0.25) is 0 Å². The molecule has 0 spiro atoms. The quantitative estimate of drug-likeness (QED) is 0.914. The second-order valence-electron chi connectivity index (χ2n) is 5.85. The normalized spacial score (nSPS) is 15.3. The van der Waals surface area contributed by atoms with Crippen LogP contribution in [-0.2, 0) is 13.1 Å². The van der Waals surface area contributed by atoms with E-state index in [9.17, 15) is 4.79 Å². The lowest BCUT2D eigenvalue weighted by molar-refractivity contribution is 0.130. The fourth-order valence-electron chi connectivity index (χ4n) is 2.76. The van der Waals surface area contributed by atoms with E-state index in [1.807, 2.05) is 41.3 Å². The minimum atomic E-state index is -0.0107. The van der Waals surface area contributed by atoms with Gasteiger partial charge in [-0.3, -0.25) is 4.90 Å². The first kappa shape index (κ1) is 16.4. The molecule has 0 unspecified atom stereocenters. The Morgan fingerprint density at radius 2 is 1.92 bits per heavy atom. The van der Waals surface area contributed by atoms with E-state index in [4.69, 9.17) is 9.15 Å². The first-order valence-corrected chi connectivity index (χ1v) is 8.15. The van der Waals surface area contributed by atoms with E-state index in [2.05, 4.69) is 10.2 Å². The largest absolute Gasteiger partial charge is 0.497 e. The van der Waals surface area contributed by atoms with Crippen molar-refractivity contribution in [2.24, 2.45) is 0 Å². The Hall–Kier alpha value is -2.47. The van der Waals surface area contributed by atoms with Crippen molar-refractivity contribution in [3.05, 3.63) is 54.0 Å². The SMILES string of the molecule is COc1ccc(CNC(=O)N2CCN(Cc3ccco3)CC2)cc1. The molecule has 2 aromatic rings. The van der Waals surface area contributed by atoms with Gasteiger partial charge < -0.3 is 19.4 Å². The fourth-order valence-corrected chi connectivity index (χ4v) is 2.76. The zero-order valence-corrected chi connectivity index (χ0v) is 13.9. The van der Waals surface area contributed by atoms with E-state index < -0.39 is 0 Å². The Morgan fingerprint density at radius 1 is 1.17 bits per heavy atom. The number of amides is 2. The molecule has 6 heteroatoms. The molecule has 1 fully saturated rings. The average molecular weight is 329 g/mol. The number of piperazine rings is 1. The van der Waals surface area contributed by atoms with E-state index in [1.165, 1.54) is 0 Å². The van der Waals surface area contributed by atoms with Crippen LogP contribution in [0.15, 0.2) is 47.1 Å². The molecule has 1 N–H and O–H groups in total. The molecule has 0 bridgehead atoms. The highest BCUT2D eigenvalue weighted by molar-refractivity contribution is 5.74. The smallest absolute Gasteiger partial charge is 0.317 e. The van der Waals surface area contributed by atoms with Gasteiger partial charge >= 0.3 is 6.03 Å². The molecule has 2 amide bonds. The van der Waals surface area contributed by atoms with Gasteiger partial charge in [-0.15, -0.1) is 0 Å².